The van der Waals surface area contributed by atoms with Gasteiger partial charge in [-0.2, -0.15) is 0 Å². The van der Waals surface area contributed by atoms with E-state index in [9.17, 15) is 0 Å². The van der Waals surface area contributed by atoms with Crippen molar-refractivity contribution >= 4 is 17.3 Å². The van der Waals surface area contributed by atoms with Gasteiger partial charge in [-0.25, -0.2) is 4.98 Å². The predicted molar refractivity (Wildman–Crippen MR) is 76.0 cm³/mol. The van der Waals surface area contributed by atoms with Gasteiger partial charge in [0.25, 0.3) is 5.88 Å². The van der Waals surface area contributed by atoms with Crippen molar-refractivity contribution in [2.45, 2.75) is 13.3 Å². The van der Waals surface area contributed by atoms with Crippen molar-refractivity contribution < 1.29 is 9.47 Å². The molecule has 100 valence electrons. The molecule has 4 nitrogen and oxygen atoms in total. The second-order valence-corrected chi connectivity index (χ2v) is 4.35. The molecule has 0 saturated carbocycles. The maximum atomic E-state index is 6.06. The third kappa shape index (κ3) is 3.51. The maximum Gasteiger partial charge on any atom is 0.257 e. The van der Waals surface area contributed by atoms with Gasteiger partial charge < -0.3 is 15.2 Å². The molecule has 19 heavy (non-hydrogen) atoms. The molecule has 0 amide bonds. The first-order valence-electron chi connectivity index (χ1n) is 6.01. The standard InChI is InChI=1S/C14H15ClN2O2/c1-2-8-18-14-12(4-3-7-17-14)19-13-9-10(16)5-6-11(13)15/h3-7,9H,2,8,16H2,1H3. The number of pyridine rings is 1. The van der Waals surface area contributed by atoms with Crippen LogP contribution >= 0.6 is 11.6 Å². The quantitative estimate of drug-likeness (QED) is 0.843. The molecule has 2 rings (SSSR count). The summed E-state index contributed by atoms with van der Waals surface area (Å²) >= 11 is 6.06. The van der Waals surface area contributed by atoms with Crippen LogP contribution in [0.1, 0.15) is 13.3 Å². The van der Waals surface area contributed by atoms with Gasteiger partial charge in [0, 0.05) is 18.0 Å². The van der Waals surface area contributed by atoms with Gasteiger partial charge in [0.05, 0.1) is 11.6 Å². The minimum atomic E-state index is 0.447. The number of benzene rings is 1. The van der Waals surface area contributed by atoms with Crippen molar-refractivity contribution in [3.05, 3.63) is 41.6 Å². The number of ether oxygens (including phenoxy) is 2. The van der Waals surface area contributed by atoms with Gasteiger partial charge in [-0.15, -0.1) is 0 Å². The van der Waals surface area contributed by atoms with Crippen LogP contribution in [0.4, 0.5) is 5.69 Å². The number of nitrogens with zero attached hydrogens (tertiary/aromatic N) is 1. The molecule has 0 aliphatic carbocycles. The first-order valence-corrected chi connectivity index (χ1v) is 6.39. The van der Waals surface area contributed by atoms with Gasteiger partial charge in [-0.3, -0.25) is 0 Å². The Balaban J connectivity index is 2.25. The second kappa shape index (κ2) is 6.29. The van der Waals surface area contributed by atoms with Gasteiger partial charge in [0.1, 0.15) is 5.75 Å². The highest BCUT2D eigenvalue weighted by Crippen LogP contribution is 2.34. The highest BCUT2D eigenvalue weighted by Gasteiger charge is 2.09. The summed E-state index contributed by atoms with van der Waals surface area (Å²) in [6, 6.07) is 8.62. The van der Waals surface area contributed by atoms with E-state index in [1.54, 1.807) is 36.5 Å². The number of aromatic nitrogens is 1. The lowest BCUT2D eigenvalue weighted by Crippen LogP contribution is -1.99. The maximum absolute atomic E-state index is 6.06. The molecule has 0 atom stereocenters. The average molecular weight is 279 g/mol. The molecular weight excluding hydrogens is 264 g/mol. The normalized spacial score (nSPS) is 10.2. The number of nitrogens with two attached hydrogens (primary N) is 1. The molecule has 1 heterocycles. The Labute approximate surface area is 117 Å². The van der Waals surface area contributed by atoms with Crippen LogP contribution in [0.5, 0.6) is 17.4 Å². The molecule has 0 aliphatic heterocycles. The van der Waals surface area contributed by atoms with E-state index in [-0.39, 0.29) is 0 Å². The van der Waals surface area contributed by atoms with Crippen molar-refractivity contribution in [2.24, 2.45) is 0 Å². The Morgan fingerprint density at radius 3 is 2.89 bits per heavy atom. The van der Waals surface area contributed by atoms with Crippen molar-refractivity contribution in [3.8, 4) is 17.4 Å². The molecule has 0 fully saturated rings. The highest BCUT2D eigenvalue weighted by atomic mass is 35.5. The number of halogens is 1. The van der Waals surface area contributed by atoms with Crippen LogP contribution in [-0.2, 0) is 0 Å². The van der Waals surface area contributed by atoms with E-state index >= 15 is 0 Å². The zero-order valence-electron chi connectivity index (χ0n) is 10.6. The predicted octanol–water partition coefficient (Wildman–Crippen LogP) is 3.90. The van der Waals surface area contributed by atoms with Gasteiger partial charge in [0.15, 0.2) is 5.75 Å². The molecule has 2 N–H and O–H groups in total. The minimum absolute atomic E-state index is 0.447. The Bertz CT molecular complexity index is 561. The fourth-order valence-electron chi connectivity index (χ4n) is 1.48. The Hall–Kier alpha value is -1.94. The summed E-state index contributed by atoms with van der Waals surface area (Å²) in [5.74, 6) is 1.45. The van der Waals surface area contributed by atoms with Crippen LogP contribution in [0, 0.1) is 0 Å². The largest absolute Gasteiger partial charge is 0.475 e. The Kier molecular flexibility index (Phi) is 4.47. The zero-order valence-corrected chi connectivity index (χ0v) is 11.4. The fourth-order valence-corrected chi connectivity index (χ4v) is 1.63. The SMILES string of the molecule is CCCOc1ncccc1Oc1cc(N)ccc1Cl. The van der Waals surface area contributed by atoms with Crippen LogP contribution in [0.25, 0.3) is 0 Å². The highest BCUT2D eigenvalue weighted by molar-refractivity contribution is 6.32. The molecule has 0 saturated heterocycles. The number of hydrogen-bond donors (Lipinski definition) is 1. The molecule has 1 aromatic heterocycles. The minimum Gasteiger partial charge on any atom is -0.475 e. The summed E-state index contributed by atoms with van der Waals surface area (Å²) < 4.78 is 11.2. The molecule has 0 bridgehead atoms. The van der Waals surface area contributed by atoms with E-state index < -0.39 is 0 Å². The molecule has 0 unspecified atom stereocenters. The molecule has 0 radical (unpaired) electrons. The number of nitrogen functional groups attached to an aromatic ring is 1. The number of hydrogen-bond acceptors (Lipinski definition) is 4. The van der Waals surface area contributed by atoms with Crippen molar-refractivity contribution in [1.82, 2.24) is 4.98 Å². The first-order chi connectivity index (χ1) is 9.20. The first kappa shape index (κ1) is 13.5. The molecule has 2 aromatic rings. The molecular formula is C14H15ClN2O2. The molecule has 0 spiro atoms. The third-order valence-corrected chi connectivity index (χ3v) is 2.67. The fraction of sp³-hybridized carbons (Fsp3) is 0.214. The van der Waals surface area contributed by atoms with Gasteiger partial charge in [-0.1, -0.05) is 18.5 Å². The smallest absolute Gasteiger partial charge is 0.257 e. The number of rotatable bonds is 5. The molecule has 0 aliphatic rings. The van der Waals surface area contributed by atoms with Crippen LogP contribution in [-0.4, -0.2) is 11.6 Å². The monoisotopic (exact) mass is 278 g/mol. The van der Waals surface area contributed by atoms with Crippen LogP contribution in [0.2, 0.25) is 5.02 Å². The third-order valence-electron chi connectivity index (χ3n) is 2.35. The lowest BCUT2D eigenvalue weighted by Gasteiger charge is -2.12. The van der Waals surface area contributed by atoms with Crippen LogP contribution in [0.3, 0.4) is 0 Å². The zero-order chi connectivity index (χ0) is 13.7. The Morgan fingerprint density at radius 2 is 2.11 bits per heavy atom. The van der Waals surface area contributed by atoms with Crippen molar-refractivity contribution in [1.29, 1.82) is 0 Å². The van der Waals surface area contributed by atoms with E-state index in [2.05, 4.69) is 4.98 Å². The van der Waals surface area contributed by atoms with Gasteiger partial charge >= 0.3 is 0 Å². The van der Waals surface area contributed by atoms with Crippen molar-refractivity contribution in [2.75, 3.05) is 12.3 Å². The summed E-state index contributed by atoms with van der Waals surface area (Å²) in [4.78, 5) is 4.14. The van der Waals surface area contributed by atoms with Crippen LogP contribution < -0.4 is 15.2 Å². The summed E-state index contributed by atoms with van der Waals surface area (Å²) in [7, 11) is 0. The van der Waals surface area contributed by atoms with Gasteiger partial charge in [-0.05, 0) is 30.7 Å². The average Bonchev–Trinajstić information content (AvgIpc) is 2.42. The van der Waals surface area contributed by atoms with Gasteiger partial charge in [0.2, 0.25) is 0 Å². The Morgan fingerprint density at radius 1 is 1.26 bits per heavy atom. The summed E-state index contributed by atoms with van der Waals surface area (Å²) in [5, 5.41) is 0.486. The molecule has 5 heteroatoms. The van der Waals surface area contributed by atoms with Crippen LogP contribution in [0.15, 0.2) is 36.5 Å². The summed E-state index contributed by atoms with van der Waals surface area (Å²) in [6.07, 6.45) is 2.55. The second-order valence-electron chi connectivity index (χ2n) is 3.95. The van der Waals surface area contributed by atoms with E-state index in [1.807, 2.05) is 6.92 Å². The summed E-state index contributed by atoms with van der Waals surface area (Å²) in [6.45, 7) is 2.61. The van der Waals surface area contributed by atoms with E-state index in [4.69, 9.17) is 26.8 Å². The van der Waals surface area contributed by atoms with E-state index in [0.717, 1.165) is 6.42 Å². The molecule has 1 aromatic carbocycles. The van der Waals surface area contributed by atoms with E-state index in [0.29, 0.717) is 34.7 Å². The number of anilines is 1. The van der Waals surface area contributed by atoms with Crippen molar-refractivity contribution in [3.63, 3.8) is 0 Å². The lowest BCUT2D eigenvalue weighted by molar-refractivity contribution is 0.290. The summed E-state index contributed by atoms with van der Waals surface area (Å²) in [5.41, 5.74) is 6.30. The van der Waals surface area contributed by atoms with E-state index in [1.165, 1.54) is 0 Å². The topological polar surface area (TPSA) is 57.4 Å². The lowest BCUT2D eigenvalue weighted by atomic mass is 10.3.